The van der Waals surface area contributed by atoms with Crippen molar-refractivity contribution in [1.29, 1.82) is 0 Å². The molecule has 0 spiro atoms. The number of aliphatic carboxylic acids is 1. The lowest BCUT2D eigenvalue weighted by Crippen LogP contribution is -2.70. The second-order valence-electron chi connectivity index (χ2n) is 6.17. The molecule has 12 heteroatoms. The topological polar surface area (TPSA) is 139 Å². The first-order valence-electron chi connectivity index (χ1n) is 8.14. The van der Waals surface area contributed by atoms with Gasteiger partial charge in [-0.2, -0.15) is 0 Å². The number of nitrogens with zero attached hydrogens (tertiary/aromatic N) is 2. The predicted octanol–water partition coefficient (Wildman–Crippen LogP) is 0.481. The summed E-state index contributed by atoms with van der Waals surface area (Å²) >= 11 is 7.25. The van der Waals surface area contributed by atoms with Gasteiger partial charge in [0.05, 0.1) is 12.1 Å². The van der Waals surface area contributed by atoms with Gasteiger partial charge in [-0.3, -0.25) is 19.3 Å². The Morgan fingerprint density at radius 1 is 1.46 bits per heavy atom. The number of nitrogens with one attached hydrogen (secondary N) is 1. The fourth-order valence-corrected chi connectivity index (χ4v) is 4.33. The van der Waals surface area contributed by atoms with E-state index in [9.17, 15) is 24.3 Å². The van der Waals surface area contributed by atoms with Crippen LogP contribution in [0, 0.1) is 6.92 Å². The van der Waals surface area contributed by atoms with E-state index in [1.54, 1.807) is 6.92 Å². The molecule has 2 aliphatic heterocycles. The largest absolute Gasteiger partial charge is 0.477 e. The number of amides is 2. The predicted molar refractivity (Wildman–Crippen MR) is 96.3 cm³/mol. The molecule has 28 heavy (non-hydrogen) atoms. The van der Waals surface area contributed by atoms with Gasteiger partial charge in [0.25, 0.3) is 5.91 Å². The van der Waals surface area contributed by atoms with Gasteiger partial charge < -0.3 is 19.7 Å². The van der Waals surface area contributed by atoms with Crippen molar-refractivity contribution in [1.82, 2.24) is 15.4 Å². The van der Waals surface area contributed by atoms with Crippen molar-refractivity contribution < 1.29 is 33.5 Å². The molecule has 0 saturated carbocycles. The SMILES string of the molecule is CC(=O)OCC1=C(C(=O)O)N2C(=O)C(NC(=O)Cc3onc(C)c3Cl)[C@H]2SC1. The average Bonchev–Trinajstić information content (AvgIpc) is 2.95. The van der Waals surface area contributed by atoms with E-state index in [0.717, 1.165) is 4.90 Å². The van der Waals surface area contributed by atoms with Crippen LogP contribution in [0.4, 0.5) is 0 Å². The molecule has 2 N–H and O–H groups in total. The van der Waals surface area contributed by atoms with Crippen LogP contribution in [0.25, 0.3) is 0 Å². The summed E-state index contributed by atoms with van der Waals surface area (Å²) < 4.78 is 9.84. The van der Waals surface area contributed by atoms with Crippen LogP contribution in [0.2, 0.25) is 5.02 Å². The molecule has 3 heterocycles. The summed E-state index contributed by atoms with van der Waals surface area (Å²) in [7, 11) is 0. The van der Waals surface area contributed by atoms with Crippen LogP contribution >= 0.6 is 23.4 Å². The van der Waals surface area contributed by atoms with E-state index in [1.807, 2.05) is 0 Å². The van der Waals surface area contributed by atoms with Crippen molar-refractivity contribution in [3.63, 3.8) is 0 Å². The van der Waals surface area contributed by atoms with Gasteiger partial charge in [-0.1, -0.05) is 16.8 Å². The first-order valence-corrected chi connectivity index (χ1v) is 9.56. The minimum absolute atomic E-state index is 0.186. The van der Waals surface area contributed by atoms with Crippen molar-refractivity contribution in [2.24, 2.45) is 0 Å². The zero-order chi connectivity index (χ0) is 20.6. The Morgan fingerprint density at radius 2 is 2.18 bits per heavy atom. The lowest BCUT2D eigenvalue weighted by Gasteiger charge is -2.49. The Labute approximate surface area is 168 Å². The zero-order valence-corrected chi connectivity index (χ0v) is 16.4. The zero-order valence-electron chi connectivity index (χ0n) is 14.9. The number of esters is 1. The molecule has 1 unspecified atom stereocenters. The van der Waals surface area contributed by atoms with Gasteiger partial charge in [0.1, 0.15) is 28.7 Å². The number of carboxylic acids is 1. The van der Waals surface area contributed by atoms with Gasteiger partial charge in [0, 0.05) is 18.2 Å². The van der Waals surface area contributed by atoms with Gasteiger partial charge in [-0.05, 0) is 6.92 Å². The third-order valence-electron chi connectivity index (χ3n) is 4.19. The lowest BCUT2D eigenvalue weighted by molar-refractivity contribution is -0.151. The standard InChI is InChI=1S/C16H16ClN3O7S/c1-6-11(17)9(27-19-6)3-10(22)18-12-14(23)20-13(16(24)25)8(4-26-7(2)21)5-28-15(12)20/h12,15H,3-5H2,1-2H3,(H,18,22)(H,24,25)/t12?,15-/m1/s1. The summed E-state index contributed by atoms with van der Waals surface area (Å²) in [6.45, 7) is 2.63. The van der Waals surface area contributed by atoms with E-state index < -0.39 is 35.2 Å². The average molecular weight is 430 g/mol. The Morgan fingerprint density at radius 3 is 2.75 bits per heavy atom. The normalized spacial score (nSPS) is 21.1. The number of hydrogen-bond acceptors (Lipinski definition) is 8. The molecule has 0 bridgehead atoms. The van der Waals surface area contributed by atoms with Crippen LogP contribution in [0.5, 0.6) is 0 Å². The number of ether oxygens (including phenoxy) is 1. The smallest absolute Gasteiger partial charge is 0.352 e. The van der Waals surface area contributed by atoms with Crippen molar-refractivity contribution in [2.75, 3.05) is 12.4 Å². The molecule has 2 aliphatic rings. The Balaban J connectivity index is 1.69. The summed E-state index contributed by atoms with van der Waals surface area (Å²) in [5, 5.41) is 15.4. The fourth-order valence-electron chi connectivity index (χ4n) is 2.87. The van der Waals surface area contributed by atoms with E-state index in [2.05, 4.69) is 10.5 Å². The number of rotatable bonds is 6. The summed E-state index contributed by atoms with van der Waals surface area (Å²) in [6.07, 6.45) is -0.194. The van der Waals surface area contributed by atoms with Crippen LogP contribution in [-0.2, 0) is 30.3 Å². The van der Waals surface area contributed by atoms with Crippen molar-refractivity contribution >= 4 is 47.1 Å². The number of carboxylic acid groups (broad SMARTS) is 1. The molecule has 3 rings (SSSR count). The number of carbonyl (C=O) groups is 4. The highest BCUT2D eigenvalue weighted by atomic mass is 35.5. The van der Waals surface area contributed by atoms with E-state index >= 15 is 0 Å². The highest BCUT2D eigenvalue weighted by Crippen LogP contribution is 2.40. The van der Waals surface area contributed by atoms with Crippen LogP contribution in [0.3, 0.4) is 0 Å². The number of aryl methyl sites for hydroxylation is 1. The van der Waals surface area contributed by atoms with E-state index in [4.69, 9.17) is 20.9 Å². The maximum Gasteiger partial charge on any atom is 0.352 e. The maximum atomic E-state index is 12.5. The number of β-lactam (4-membered cyclic amide) rings is 1. The molecule has 0 aromatic carbocycles. The number of hydrogen-bond donors (Lipinski definition) is 2. The summed E-state index contributed by atoms with van der Waals surface area (Å²) in [5.74, 6) is -2.46. The molecule has 150 valence electrons. The number of fused-ring (bicyclic) bond motifs is 1. The Hall–Kier alpha value is -2.53. The molecule has 0 radical (unpaired) electrons. The molecule has 1 fully saturated rings. The van der Waals surface area contributed by atoms with Gasteiger partial charge in [-0.15, -0.1) is 11.8 Å². The van der Waals surface area contributed by atoms with E-state index in [1.165, 1.54) is 18.7 Å². The number of halogens is 1. The highest BCUT2D eigenvalue weighted by Gasteiger charge is 2.54. The number of aromatic nitrogens is 1. The molecule has 1 aromatic heterocycles. The van der Waals surface area contributed by atoms with Gasteiger partial charge >= 0.3 is 11.9 Å². The molecule has 2 amide bonds. The van der Waals surface area contributed by atoms with Gasteiger partial charge in [-0.25, -0.2) is 4.79 Å². The quantitative estimate of drug-likeness (QED) is 0.488. The molecule has 2 atom stereocenters. The van der Waals surface area contributed by atoms with Gasteiger partial charge in [0.2, 0.25) is 5.91 Å². The fraction of sp³-hybridized carbons (Fsp3) is 0.438. The monoisotopic (exact) mass is 429 g/mol. The summed E-state index contributed by atoms with van der Waals surface area (Å²) in [5.41, 5.74) is 0.565. The van der Waals surface area contributed by atoms with Crippen molar-refractivity contribution in [2.45, 2.75) is 31.7 Å². The highest BCUT2D eigenvalue weighted by molar-refractivity contribution is 8.00. The Bertz CT molecular complexity index is 897. The number of thioether (sulfide) groups is 1. The summed E-state index contributed by atoms with van der Waals surface area (Å²) in [6, 6.07) is -0.870. The third-order valence-corrected chi connectivity index (χ3v) is 6.02. The molecule has 1 saturated heterocycles. The van der Waals surface area contributed by atoms with Crippen LogP contribution in [0.1, 0.15) is 18.4 Å². The summed E-state index contributed by atoms with van der Waals surface area (Å²) in [4.78, 5) is 48.4. The second kappa shape index (κ2) is 7.84. The molecule has 0 aliphatic carbocycles. The first-order chi connectivity index (χ1) is 13.2. The second-order valence-corrected chi connectivity index (χ2v) is 7.66. The molecule has 10 nitrogen and oxygen atoms in total. The number of carbonyl (C=O) groups excluding carboxylic acids is 3. The van der Waals surface area contributed by atoms with Crippen LogP contribution in [-0.4, -0.2) is 62.7 Å². The minimum Gasteiger partial charge on any atom is -0.477 e. The van der Waals surface area contributed by atoms with Crippen molar-refractivity contribution in [3.05, 3.63) is 27.7 Å². The third kappa shape index (κ3) is 3.72. The van der Waals surface area contributed by atoms with Gasteiger partial charge in [0.15, 0.2) is 5.76 Å². The molecule has 1 aromatic rings. The van der Waals surface area contributed by atoms with Crippen molar-refractivity contribution in [3.8, 4) is 0 Å². The molecular weight excluding hydrogens is 414 g/mol. The molecular formula is C16H16ClN3O7S. The Kier molecular flexibility index (Phi) is 5.66. The van der Waals surface area contributed by atoms with Crippen LogP contribution in [0.15, 0.2) is 15.8 Å². The maximum absolute atomic E-state index is 12.5. The lowest BCUT2D eigenvalue weighted by atomic mass is 10.0. The minimum atomic E-state index is -1.30. The first kappa shape index (κ1) is 20.2. The van der Waals surface area contributed by atoms with E-state index in [0.29, 0.717) is 11.3 Å². The van der Waals surface area contributed by atoms with Crippen LogP contribution < -0.4 is 5.32 Å². The van der Waals surface area contributed by atoms with E-state index in [-0.39, 0.29) is 35.3 Å².